The summed E-state index contributed by atoms with van der Waals surface area (Å²) in [6, 6.07) is 5.24. The van der Waals surface area contributed by atoms with E-state index in [1.165, 1.54) is 0 Å². The zero-order chi connectivity index (χ0) is 14.7. The smallest absolute Gasteiger partial charge is 0.142 e. The maximum absolute atomic E-state index is 13.8. The molecule has 0 amide bonds. The predicted molar refractivity (Wildman–Crippen MR) is 82.4 cm³/mol. The first-order valence-corrected chi connectivity index (χ1v) is 7.81. The van der Waals surface area contributed by atoms with E-state index in [4.69, 9.17) is 17.3 Å². The number of nitrogens with two attached hydrogens (primary N) is 1. The van der Waals surface area contributed by atoms with Crippen LogP contribution in [0.5, 0.6) is 0 Å². The van der Waals surface area contributed by atoms with Crippen LogP contribution >= 0.6 is 11.6 Å². The van der Waals surface area contributed by atoms with Gasteiger partial charge in [0.25, 0.3) is 0 Å². The molecule has 20 heavy (non-hydrogen) atoms. The summed E-state index contributed by atoms with van der Waals surface area (Å²) in [6.45, 7) is 6.43. The highest BCUT2D eigenvalue weighted by Crippen LogP contribution is 2.31. The summed E-state index contributed by atoms with van der Waals surface area (Å²) in [5.74, 6) is 0.213. The first-order chi connectivity index (χ1) is 9.49. The summed E-state index contributed by atoms with van der Waals surface area (Å²) >= 11 is 5.79. The molecule has 1 aromatic rings. The molecule has 0 bridgehead atoms. The van der Waals surface area contributed by atoms with E-state index < -0.39 is 0 Å². The van der Waals surface area contributed by atoms with Crippen molar-refractivity contribution in [3.8, 4) is 0 Å². The second-order valence-electron chi connectivity index (χ2n) is 6.17. The molecule has 2 rings (SSSR count). The minimum Gasteiger partial charge on any atom is -0.326 e. The Kier molecular flexibility index (Phi) is 5.42. The lowest BCUT2D eigenvalue weighted by atomic mass is 9.95. The molecule has 0 spiro atoms. The van der Waals surface area contributed by atoms with E-state index in [0.717, 1.165) is 37.9 Å². The average molecular weight is 299 g/mol. The molecule has 1 saturated heterocycles. The van der Waals surface area contributed by atoms with Crippen molar-refractivity contribution in [3.63, 3.8) is 0 Å². The zero-order valence-electron chi connectivity index (χ0n) is 12.3. The molecule has 1 heterocycles. The number of hydrogen-bond donors (Lipinski definition) is 1. The SMILES string of the molecule is CC(C)CN1CCCCC(N)C1c1ccc(Cl)c(F)c1. The van der Waals surface area contributed by atoms with Crippen LogP contribution in [0.3, 0.4) is 0 Å². The van der Waals surface area contributed by atoms with Gasteiger partial charge >= 0.3 is 0 Å². The number of benzene rings is 1. The fourth-order valence-corrected chi connectivity index (χ4v) is 3.21. The molecule has 2 unspecified atom stereocenters. The second-order valence-corrected chi connectivity index (χ2v) is 6.57. The van der Waals surface area contributed by atoms with Gasteiger partial charge in [0.2, 0.25) is 0 Å². The lowest BCUT2D eigenvalue weighted by molar-refractivity contribution is 0.165. The van der Waals surface area contributed by atoms with Crippen molar-refractivity contribution in [1.29, 1.82) is 0 Å². The molecule has 2 nitrogen and oxygen atoms in total. The molecule has 112 valence electrons. The van der Waals surface area contributed by atoms with E-state index in [0.29, 0.717) is 5.92 Å². The Balaban J connectivity index is 2.31. The molecular weight excluding hydrogens is 275 g/mol. The quantitative estimate of drug-likeness (QED) is 0.914. The van der Waals surface area contributed by atoms with Crippen LogP contribution in [0.1, 0.15) is 44.7 Å². The fraction of sp³-hybridized carbons (Fsp3) is 0.625. The van der Waals surface area contributed by atoms with Crippen LogP contribution in [0.4, 0.5) is 4.39 Å². The third-order valence-electron chi connectivity index (χ3n) is 3.92. The van der Waals surface area contributed by atoms with Crippen molar-refractivity contribution in [2.75, 3.05) is 13.1 Å². The van der Waals surface area contributed by atoms with E-state index in [9.17, 15) is 4.39 Å². The van der Waals surface area contributed by atoms with Gasteiger partial charge in [0, 0.05) is 18.6 Å². The molecule has 0 saturated carbocycles. The maximum atomic E-state index is 13.8. The maximum Gasteiger partial charge on any atom is 0.142 e. The normalized spacial score (nSPS) is 24.9. The van der Waals surface area contributed by atoms with E-state index >= 15 is 0 Å². The molecule has 0 radical (unpaired) electrons. The van der Waals surface area contributed by atoms with Gasteiger partial charge in [-0.15, -0.1) is 0 Å². The Hall–Kier alpha value is -0.640. The van der Waals surface area contributed by atoms with Gasteiger partial charge in [-0.05, 0) is 43.0 Å². The van der Waals surface area contributed by atoms with Crippen LogP contribution in [-0.4, -0.2) is 24.0 Å². The molecule has 2 atom stereocenters. The van der Waals surface area contributed by atoms with Crippen LogP contribution in [-0.2, 0) is 0 Å². The lowest BCUT2D eigenvalue weighted by Gasteiger charge is -2.35. The summed E-state index contributed by atoms with van der Waals surface area (Å²) in [5.41, 5.74) is 7.31. The molecule has 1 aromatic carbocycles. The number of likely N-dealkylation sites (tertiary alicyclic amines) is 1. The van der Waals surface area contributed by atoms with Gasteiger partial charge in [0.15, 0.2) is 0 Å². The minimum absolute atomic E-state index is 0.0526. The summed E-state index contributed by atoms with van der Waals surface area (Å²) < 4.78 is 13.8. The molecular formula is C16H24ClFN2. The third kappa shape index (κ3) is 3.72. The van der Waals surface area contributed by atoms with E-state index in [2.05, 4.69) is 18.7 Å². The topological polar surface area (TPSA) is 29.3 Å². The van der Waals surface area contributed by atoms with Gasteiger partial charge in [-0.1, -0.05) is 37.9 Å². The Labute approximate surface area is 126 Å². The summed E-state index contributed by atoms with van der Waals surface area (Å²) in [7, 11) is 0. The summed E-state index contributed by atoms with van der Waals surface area (Å²) in [4.78, 5) is 2.41. The zero-order valence-corrected chi connectivity index (χ0v) is 13.0. The molecule has 0 aromatic heterocycles. The summed E-state index contributed by atoms with van der Waals surface area (Å²) in [6.07, 6.45) is 3.29. The Morgan fingerprint density at radius 3 is 2.80 bits per heavy atom. The van der Waals surface area contributed by atoms with Gasteiger partial charge in [-0.25, -0.2) is 4.39 Å². The van der Waals surface area contributed by atoms with Crippen LogP contribution in [0.25, 0.3) is 0 Å². The van der Waals surface area contributed by atoms with Crippen molar-refractivity contribution >= 4 is 11.6 Å². The first kappa shape index (κ1) is 15.7. The van der Waals surface area contributed by atoms with Crippen LogP contribution in [0, 0.1) is 11.7 Å². The van der Waals surface area contributed by atoms with E-state index in [1.54, 1.807) is 12.1 Å². The molecule has 4 heteroatoms. The Morgan fingerprint density at radius 2 is 2.15 bits per heavy atom. The highest BCUT2D eigenvalue weighted by Gasteiger charge is 2.29. The van der Waals surface area contributed by atoms with Crippen molar-refractivity contribution in [3.05, 3.63) is 34.6 Å². The van der Waals surface area contributed by atoms with Gasteiger partial charge in [0.1, 0.15) is 5.82 Å². The minimum atomic E-state index is -0.356. The third-order valence-corrected chi connectivity index (χ3v) is 4.22. The van der Waals surface area contributed by atoms with E-state index in [1.807, 2.05) is 6.07 Å². The Morgan fingerprint density at radius 1 is 1.40 bits per heavy atom. The number of halogens is 2. The number of hydrogen-bond acceptors (Lipinski definition) is 2. The highest BCUT2D eigenvalue weighted by atomic mass is 35.5. The standard InChI is InChI=1S/C16H24ClFN2/c1-11(2)10-20-8-4-3-5-15(19)16(20)12-6-7-13(17)14(18)9-12/h6-7,9,11,15-16H,3-5,8,10,19H2,1-2H3. The van der Waals surface area contributed by atoms with Gasteiger partial charge in [0.05, 0.1) is 5.02 Å². The summed E-state index contributed by atoms with van der Waals surface area (Å²) in [5, 5.41) is 0.173. The van der Waals surface area contributed by atoms with Gasteiger partial charge < -0.3 is 5.73 Å². The fourth-order valence-electron chi connectivity index (χ4n) is 3.09. The van der Waals surface area contributed by atoms with Crippen molar-refractivity contribution < 1.29 is 4.39 Å². The first-order valence-electron chi connectivity index (χ1n) is 7.43. The Bertz CT molecular complexity index is 450. The van der Waals surface area contributed by atoms with Crippen LogP contribution < -0.4 is 5.73 Å². The average Bonchev–Trinajstić information content (AvgIpc) is 2.54. The monoisotopic (exact) mass is 298 g/mol. The molecule has 0 aliphatic carbocycles. The molecule has 1 aliphatic heterocycles. The van der Waals surface area contributed by atoms with Crippen LogP contribution in [0.2, 0.25) is 5.02 Å². The number of nitrogens with zero attached hydrogens (tertiary/aromatic N) is 1. The van der Waals surface area contributed by atoms with Gasteiger partial charge in [-0.3, -0.25) is 4.90 Å². The van der Waals surface area contributed by atoms with Gasteiger partial charge in [-0.2, -0.15) is 0 Å². The molecule has 2 N–H and O–H groups in total. The van der Waals surface area contributed by atoms with Crippen molar-refractivity contribution in [2.45, 2.75) is 45.2 Å². The molecule has 1 fully saturated rings. The highest BCUT2D eigenvalue weighted by molar-refractivity contribution is 6.30. The van der Waals surface area contributed by atoms with Crippen molar-refractivity contribution in [2.24, 2.45) is 11.7 Å². The predicted octanol–water partition coefficient (Wildman–Crippen LogP) is 3.99. The second kappa shape index (κ2) is 6.88. The lowest BCUT2D eigenvalue weighted by Crippen LogP contribution is -2.41. The largest absolute Gasteiger partial charge is 0.326 e. The van der Waals surface area contributed by atoms with Crippen molar-refractivity contribution in [1.82, 2.24) is 4.90 Å². The van der Waals surface area contributed by atoms with E-state index in [-0.39, 0.29) is 22.9 Å². The molecule has 1 aliphatic rings. The van der Waals surface area contributed by atoms with Crippen LogP contribution in [0.15, 0.2) is 18.2 Å². The number of rotatable bonds is 3.